The Morgan fingerprint density at radius 1 is 1.46 bits per heavy atom. The fraction of sp³-hybridized carbons (Fsp3) is 0.333. The minimum Gasteiger partial charge on any atom is -0.321 e. The third kappa shape index (κ3) is 0.954. The van der Waals surface area contributed by atoms with Crippen LogP contribution < -0.4 is 5.73 Å². The zero-order chi connectivity index (χ0) is 8.89. The van der Waals surface area contributed by atoms with Crippen molar-refractivity contribution in [2.75, 3.05) is 0 Å². The predicted octanol–water partition coefficient (Wildman–Crippen LogP) is 0.677. The molecule has 4 heteroatoms. The van der Waals surface area contributed by atoms with E-state index in [1.165, 1.54) is 5.56 Å². The van der Waals surface area contributed by atoms with Gasteiger partial charge in [0.25, 0.3) is 0 Å². The number of hydrogen-bond donors (Lipinski definition) is 1. The summed E-state index contributed by atoms with van der Waals surface area (Å²) in [5.74, 6) is 0. The highest BCUT2D eigenvalue weighted by atomic mass is 15.3. The van der Waals surface area contributed by atoms with Gasteiger partial charge in [0.1, 0.15) is 6.33 Å². The molecule has 0 aliphatic heterocycles. The molecule has 3 rings (SSSR count). The highest BCUT2D eigenvalue weighted by Gasteiger charge is 2.40. The standard InChI is InChI=1S/C9H10N4/c10-9(2-3-9)7-1-4-13-8(5-7)11-6-12-13/h1,4-6H,2-3,10H2. The van der Waals surface area contributed by atoms with Gasteiger partial charge in [0, 0.05) is 11.7 Å². The first-order valence-electron chi connectivity index (χ1n) is 4.37. The number of nitrogens with two attached hydrogens (primary N) is 1. The van der Waals surface area contributed by atoms with Gasteiger partial charge in [0.05, 0.1) is 0 Å². The van der Waals surface area contributed by atoms with E-state index < -0.39 is 0 Å². The molecule has 1 saturated carbocycles. The minimum absolute atomic E-state index is 0.0757. The van der Waals surface area contributed by atoms with Gasteiger partial charge in [-0.05, 0) is 30.5 Å². The van der Waals surface area contributed by atoms with Gasteiger partial charge in [-0.25, -0.2) is 9.50 Å². The van der Waals surface area contributed by atoms with E-state index in [4.69, 9.17) is 5.73 Å². The summed E-state index contributed by atoms with van der Waals surface area (Å²) in [6.07, 6.45) is 5.62. The van der Waals surface area contributed by atoms with Crippen LogP contribution >= 0.6 is 0 Å². The van der Waals surface area contributed by atoms with Gasteiger partial charge in [-0.1, -0.05) is 0 Å². The number of aromatic nitrogens is 3. The average Bonchev–Trinajstić information content (AvgIpc) is 2.74. The van der Waals surface area contributed by atoms with Gasteiger partial charge in [-0.15, -0.1) is 0 Å². The molecule has 2 aromatic rings. The van der Waals surface area contributed by atoms with Crippen molar-refractivity contribution in [2.24, 2.45) is 5.73 Å². The molecule has 4 nitrogen and oxygen atoms in total. The summed E-state index contributed by atoms with van der Waals surface area (Å²) >= 11 is 0. The van der Waals surface area contributed by atoms with E-state index in [1.807, 2.05) is 18.3 Å². The van der Waals surface area contributed by atoms with Crippen molar-refractivity contribution in [3.05, 3.63) is 30.2 Å². The first-order valence-corrected chi connectivity index (χ1v) is 4.37. The normalized spacial score (nSPS) is 19.2. The average molecular weight is 174 g/mol. The summed E-state index contributed by atoms with van der Waals surface area (Å²) in [7, 11) is 0. The lowest BCUT2D eigenvalue weighted by atomic mass is 10.1. The summed E-state index contributed by atoms with van der Waals surface area (Å²) in [4.78, 5) is 4.12. The lowest BCUT2D eigenvalue weighted by Gasteiger charge is -2.07. The molecule has 1 aliphatic rings. The number of fused-ring (bicyclic) bond motifs is 1. The quantitative estimate of drug-likeness (QED) is 0.691. The summed E-state index contributed by atoms with van der Waals surface area (Å²) in [6.45, 7) is 0. The van der Waals surface area contributed by atoms with Crippen LogP contribution in [0.3, 0.4) is 0 Å². The van der Waals surface area contributed by atoms with E-state index in [-0.39, 0.29) is 5.54 Å². The van der Waals surface area contributed by atoms with Crippen molar-refractivity contribution in [2.45, 2.75) is 18.4 Å². The molecule has 0 atom stereocenters. The van der Waals surface area contributed by atoms with Crippen molar-refractivity contribution in [1.82, 2.24) is 14.6 Å². The summed E-state index contributed by atoms with van der Waals surface area (Å²) in [5, 5.41) is 4.03. The van der Waals surface area contributed by atoms with E-state index in [0.717, 1.165) is 18.5 Å². The van der Waals surface area contributed by atoms with Crippen LogP contribution in [0.4, 0.5) is 0 Å². The van der Waals surface area contributed by atoms with Crippen molar-refractivity contribution in [3.8, 4) is 0 Å². The Hall–Kier alpha value is -1.42. The monoisotopic (exact) mass is 174 g/mol. The van der Waals surface area contributed by atoms with Crippen LogP contribution in [0.1, 0.15) is 18.4 Å². The first kappa shape index (κ1) is 7.03. The maximum absolute atomic E-state index is 6.07. The third-order valence-electron chi connectivity index (χ3n) is 2.64. The fourth-order valence-electron chi connectivity index (χ4n) is 1.55. The molecule has 0 radical (unpaired) electrons. The molecule has 0 saturated heterocycles. The first-order chi connectivity index (χ1) is 6.28. The molecule has 2 N–H and O–H groups in total. The molecule has 0 spiro atoms. The summed E-state index contributed by atoms with van der Waals surface area (Å²) in [5.41, 5.74) is 8.04. The van der Waals surface area contributed by atoms with Crippen LogP contribution in [-0.2, 0) is 5.54 Å². The molecule has 0 bridgehead atoms. The van der Waals surface area contributed by atoms with E-state index in [2.05, 4.69) is 10.1 Å². The van der Waals surface area contributed by atoms with Gasteiger partial charge < -0.3 is 5.73 Å². The fourth-order valence-corrected chi connectivity index (χ4v) is 1.55. The van der Waals surface area contributed by atoms with Crippen molar-refractivity contribution >= 4 is 5.65 Å². The largest absolute Gasteiger partial charge is 0.321 e. The lowest BCUT2D eigenvalue weighted by molar-refractivity contribution is 0.736. The Bertz CT molecular complexity index is 455. The number of pyridine rings is 1. The Labute approximate surface area is 75.4 Å². The van der Waals surface area contributed by atoms with Crippen LogP contribution in [-0.4, -0.2) is 14.6 Å². The number of rotatable bonds is 1. The van der Waals surface area contributed by atoms with E-state index >= 15 is 0 Å². The van der Waals surface area contributed by atoms with Crippen molar-refractivity contribution < 1.29 is 0 Å². The molecule has 1 fully saturated rings. The van der Waals surface area contributed by atoms with Crippen LogP contribution in [0.2, 0.25) is 0 Å². The lowest BCUT2D eigenvalue weighted by Crippen LogP contribution is -2.18. The van der Waals surface area contributed by atoms with E-state index in [9.17, 15) is 0 Å². The second kappa shape index (κ2) is 2.09. The van der Waals surface area contributed by atoms with Crippen LogP contribution in [0, 0.1) is 0 Å². The molecule has 2 heterocycles. The predicted molar refractivity (Wildman–Crippen MR) is 48.1 cm³/mol. The second-order valence-electron chi connectivity index (χ2n) is 3.63. The summed E-state index contributed by atoms with van der Waals surface area (Å²) < 4.78 is 1.75. The molecule has 0 aromatic carbocycles. The topological polar surface area (TPSA) is 56.2 Å². The maximum atomic E-state index is 6.07. The molecule has 13 heavy (non-hydrogen) atoms. The Morgan fingerprint density at radius 2 is 2.31 bits per heavy atom. The molecule has 2 aromatic heterocycles. The molecule has 66 valence electrons. The van der Waals surface area contributed by atoms with Crippen LogP contribution in [0.25, 0.3) is 5.65 Å². The Kier molecular flexibility index (Phi) is 1.13. The Morgan fingerprint density at radius 3 is 3.08 bits per heavy atom. The minimum atomic E-state index is -0.0757. The van der Waals surface area contributed by atoms with Crippen LogP contribution in [0.5, 0.6) is 0 Å². The zero-order valence-corrected chi connectivity index (χ0v) is 7.14. The van der Waals surface area contributed by atoms with E-state index in [0.29, 0.717) is 0 Å². The molecule has 0 unspecified atom stereocenters. The maximum Gasteiger partial charge on any atom is 0.155 e. The summed E-state index contributed by atoms with van der Waals surface area (Å²) in [6, 6.07) is 4.04. The van der Waals surface area contributed by atoms with Crippen molar-refractivity contribution in [1.29, 1.82) is 0 Å². The molecule has 1 aliphatic carbocycles. The van der Waals surface area contributed by atoms with Gasteiger partial charge in [0.15, 0.2) is 5.65 Å². The highest BCUT2D eigenvalue weighted by Crippen LogP contribution is 2.42. The zero-order valence-electron chi connectivity index (χ0n) is 7.14. The van der Waals surface area contributed by atoms with Crippen molar-refractivity contribution in [3.63, 3.8) is 0 Å². The van der Waals surface area contributed by atoms with Gasteiger partial charge >= 0.3 is 0 Å². The van der Waals surface area contributed by atoms with E-state index in [1.54, 1.807) is 10.8 Å². The van der Waals surface area contributed by atoms with Gasteiger partial charge in [-0.3, -0.25) is 0 Å². The van der Waals surface area contributed by atoms with Gasteiger partial charge in [-0.2, -0.15) is 5.10 Å². The second-order valence-corrected chi connectivity index (χ2v) is 3.63. The molecular weight excluding hydrogens is 164 g/mol. The SMILES string of the molecule is NC1(c2ccn3ncnc3c2)CC1. The van der Waals surface area contributed by atoms with Crippen LogP contribution in [0.15, 0.2) is 24.7 Å². The number of hydrogen-bond acceptors (Lipinski definition) is 3. The van der Waals surface area contributed by atoms with Gasteiger partial charge in [0.2, 0.25) is 0 Å². The molecular formula is C9H10N4. The highest BCUT2D eigenvalue weighted by molar-refractivity contribution is 5.43. The number of nitrogens with zero attached hydrogens (tertiary/aromatic N) is 3. The smallest absolute Gasteiger partial charge is 0.155 e. The third-order valence-corrected chi connectivity index (χ3v) is 2.64. The Balaban J connectivity index is 2.20. The molecule has 0 amide bonds.